The zero-order valence-electron chi connectivity index (χ0n) is 10.3. The van der Waals surface area contributed by atoms with Gasteiger partial charge in [0.25, 0.3) is 0 Å². The zero-order valence-corrected chi connectivity index (χ0v) is 11.1. The molecule has 0 aliphatic heterocycles. The van der Waals surface area contributed by atoms with E-state index in [0.29, 0.717) is 11.3 Å². The minimum Gasteiger partial charge on any atom is -0.334 e. The van der Waals surface area contributed by atoms with Gasteiger partial charge in [-0.1, -0.05) is 12.1 Å². The highest BCUT2D eigenvalue weighted by Gasteiger charge is 2.18. The van der Waals surface area contributed by atoms with Crippen molar-refractivity contribution >= 4 is 34.6 Å². The smallest absolute Gasteiger partial charge is 0.329 e. The number of halogens is 1. The summed E-state index contributed by atoms with van der Waals surface area (Å²) in [5.41, 5.74) is 0.488. The standard InChI is InChI=1S/C12H9ClN4O3/c1-7(18)8-4-2-3-5-9(8)15-11-10(17(19)20)6-14-12(13)16-11/h2-6H,1H3,(H,14,15,16). The maximum atomic E-state index is 11.5. The second-order valence-corrected chi connectivity index (χ2v) is 4.19. The highest BCUT2D eigenvalue weighted by Crippen LogP contribution is 2.27. The van der Waals surface area contributed by atoms with Crippen LogP contribution in [0.4, 0.5) is 17.2 Å². The lowest BCUT2D eigenvalue weighted by atomic mass is 10.1. The second kappa shape index (κ2) is 5.62. The van der Waals surface area contributed by atoms with Crippen LogP contribution in [-0.2, 0) is 0 Å². The number of carbonyl (C=O) groups is 1. The number of para-hydroxylation sites is 1. The summed E-state index contributed by atoms with van der Waals surface area (Å²) in [5, 5.41) is 13.5. The highest BCUT2D eigenvalue weighted by molar-refractivity contribution is 6.28. The predicted octanol–water partition coefficient (Wildman–Crippen LogP) is 2.98. The molecule has 102 valence electrons. The van der Waals surface area contributed by atoms with Crippen LogP contribution < -0.4 is 5.32 Å². The van der Waals surface area contributed by atoms with E-state index in [2.05, 4.69) is 15.3 Å². The van der Waals surface area contributed by atoms with Crippen molar-refractivity contribution in [1.82, 2.24) is 9.97 Å². The average Bonchev–Trinajstić information content (AvgIpc) is 2.38. The Morgan fingerprint density at radius 1 is 1.40 bits per heavy atom. The topological polar surface area (TPSA) is 98.0 Å². The number of hydrogen-bond acceptors (Lipinski definition) is 6. The summed E-state index contributed by atoms with van der Waals surface area (Å²) in [5.74, 6) is -0.236. The van der Waals surface area contributed by atoms with E-state index in [1.165, 1.54) is 6.92 Å². The molecular weight excluding hydrogens is 284 g/mol. The molecule has 0 aliphatic carbocycles. The number of nitrogens with one attached hydrogen (secondary N) is 1. The molecule has 0 saturated carbocycles. The van der Waals surface area contributed by atoms with Crippen molar-refractivity contribution in [3.63, 3.8) is 0 Å². The van der Waals surface area contributed by atoms with Gasteiger partial charge in [-0.2, -0.15) is 4.98 Å². The first-order valence-electron chi connectivity index (χ1n) is 5.53. The van der Waals surface area contributed by atoms with E-state index >= 15 is 0 Å². The average molecular weight is 293 g/mol. The summed E-state index contributed by atoms with van der Waals surface area (Å²) in [6.07, 6.45) is 1.01. The Morgan fingerprint density at radius 2 is 2.10 bits per heavy atom. The fourth-order valence-electron chi connectivity index (χ4n) is 1.61. The van der Waals surface area contributed by atoms with Gasteiger partial charge in [0, 0.05) is 5.56 Å². The van der Waals surface area contributed by atoms with Gasteiger partial charge in [-0.3, -0.25) is 14.9 Å². The molecule has 2 rings (SSSR count). The van der Waals surface area contributed by atoms with E-state index in [4.69, 9.17) is 11.6 Å². The van der Waals surface area contributed by atoms with Crippen LogP contribution in [0.5, 0.6) is 0 Å². The van der Waals surface area contributed by atoms with Gasteiger partial charge in [0.2, 0.25) is 11.1 Å². The minimum atomic E-state index is -0.630. The number of benzene rings is 1. The van der Waals surface area contributed by atoms with Crippen molar-refractivity contribution in [3.05, 3.63) is 51.4 Å². The van der Waals surface area contributed by atoms with Crippen LogP contribution in [0.1, 0.15) is 17.3 Å². The number of anilines is 2. The largest absolute Gasteiger partial charge is 0.334 e. The highest BCUT2D eigenvalue weighted by atomic mass is 35.5. The number of carbonyl (C=O) groups excluding carboxylic acids is 1. The molecule has 0 spiro atoms. The molecule has 7 nitrogen and oxygen atoms in total. The molecule has 1 aromatic carbocycles. The fourth-order valence-corrected chi connectivity index (χ4v) is 1.74. The Morgan fingerprint density at radius 3 is 2.75 bits per heavy atom. The van der Waals surface area contributed by atoms with Crippen LogP contribution in [-0.4, -0.2) is 20.7 Å². The number of rotatable bonds is 4. The molecule has 0 aliphatic rings. The van der Waals surface area contributed by atoms with E-state index in [9.17, 15) is 14.9 Å². The molecule has 2 aromatic rings. The normalized spacial score (nSPS) is 10.1. The van der Waals surface area contributed by atoms with Crippen LogP contribution in [0.15, 0.2) is 30.5 Å². The van der Waals surface area contributed by atoms with Crippen LogP contribution in [0.2, 0.25) is 5.28 Å². The molecule has 0 radical (unpaired) electrons. The summed E-state index contributed by atoms with van der Waals surface area (Å²) < 4.78 is 0. The molecular formula is C12H9ClN4O3. The maximum absolute atomic E-state index is 11.5. The zero-order chi connectivity index (χ0) is 14.7. The summed E-state index contributed by atoms with van der Waals surface area (Å²) >= 11 is 5.64. The van der Waals surface area contributed by atoms with Crippen LogP contribution in [0.25, 0.3) is 0 Å². The van der Waals surface area contributed by atoms with Crippen molar-refractivity contribution in [2.45, 2.75) is 6.92 Å². The van der Waals surface area contributed by atoms with Crippen molar-refractivity contribution in [2.75, 3.05) is 5.32 Å². The third kappa shape index (κ3) is 2.89. The first kappa shape index (κ1) is 13.9. The molecule has 1 N–H and O–H groups in total. The van der Waals surface area contributed by atoms with Gasteiger partial charge in [0.1, 0.15) is 6.20 Å². The molecule has 0 bridgehead atoms. The number of aromatic nitrogens is 2. The van der Waals surface area contributed by atoms with Crippen LogP contribution in [0, 0.1) is 10.1 Å². The number of ketones is 1. The van der Waals surface area contributed by atoms with Crippen molar-refractivity contribution < 1.29 is 9.72 Å². The quantitative estimate of drug-likeness (QED) is 0.402. The van der Waals surface area contributed by atoms with Crippen molar-refractivity contribution in [2.24, 2.45) is 0 Å². The summed E-state index contributed by atoms with van der Waals surface area (Å²) in [6, 6.07) is 6.63. The van der Waals surface area contributed by atoms with E-state index in [0.717, 1.165) is 6.20 Å². The lowest BCUT2D eigenvalue weighted by Crippen LogP contribution is -2.04. The second-order valence-electron chi connectivity index (χ2n) is 3.86. The predicted molar refractivity (Wildman–Crippen MR) is 73.4 cm³/mol. The number of hydrogen-bond donors (Lipinski definition) is 1. The van der Waals surface area contributed by atoms with Gasteiger partial charge < -0.3 is 5.32 Å². The molecule has 0 saturated heterocycles. The molecule has 0 atom stereocenters. The summed E-state index contributed by atoms with van der Waals surface area (Å²) in [6.45, 7) is 1.40. The SMILES string of the molecule is CC(=O)c1ccccc1Nc1nc(Cl)ncc1[N+](=O)[O-]. The lowest BCUT2D eigenvalue weighted by molar-refractivity contribution is -0.384. The van der Waals surface area contributed by atoms with Crippen LogP contribution >= 0.6 is 11.6 Å². The Hall–Kier alpha value is -2.54. The molecule has 20 heavy (non-hydrogen) atoms. The van der Waals surface area contributed by atoms with Crippen LogP contribution in [0.3, 0.4) is 0 Å². The van der Waals surface area contributed by atoms with Gasteiger partial charge in [-0.05, 0) is 30.7 Å². The molecule has 8 heteroatoms. The summed E-state index contributed by atoms with van der Waals surface area (Å²) in [4.78, 5) is 29.1. The third-order valence-electron chi connectivity index (χ3n) is 2.50. The lowest BCUT2D eigenvalue weighted by Gasteiger charge is -2.09. The number of nitrogens with zero attached hydrogens (tertiary/aromatic N) is 3. The molecule has 0 unspecified atom stereocenters. The summed E-state index contributed by atoms with van der Waals surface area (Å²) in [7, 11) is 0. The molecule has 0 amide bonds. The van der Waals surface area contributed by atoms with Gasteiger partial charge in [0.05, 0.1) is 10.6 Å². The number of Topliss-reactive ketones (excluding diaryl/α,β-unsaturated/α-hetero) is 1. The van der Waals surface area contributed by atoms with Gasteiger partial charge in [0.15, 0.2) is 5.78 Å². The van der Waals surface area contributed by atoms with Crippen molar-refractivity contribution in [1.29, 1.82) is 0 Å². The van der Waals surface area contributed by atoms with E-state index in [1.807, 2.05) is 0 Å². The van der Waals surface area contributed by atoms with Gasteiger partial charge in [-0.15, -0.1) is 0 Å². The number of nitro groups is 1. The Balaban J connectivity index is 2.47. The molecule has 1 aromatic heterocycles. The van der Waals surface area contributed by atoms with Crippen molar-refractivity contribution in [3.8, 4) is 0 Å². The molecule has 0 fully saturated rings. The minimum absolute atomic E-state index is 0.0660. The first-order valence-corrected chi connectivity index (χ1v) is 5.90. The maximum Gasteiger partial charge on any atom is 0.329 e. The molecule has 1 heterocycles. The van der Waals surface area contributed by atoms with E-state index < -0.39 is 4.92 Å². The van der Waals surface area contributed by atoms with Gasteiger partial charge >= 0.3 is 5.69 Å². The Bertz CT molecular complexity index is 690. The first-order chi connectivity index (χ1) is 9.49. The monoisotopic (exact) mass is 292 g/mol. The van der Waals surface area contributed by atoms with Gasteiger partial charge in [-0.25, -0.2) is 4.98 Å². The van der Waals surface area contributed by atoms with E-state index in [1.54, 1.807) is 24.3 Å². The Kier molecular flexibility index (Phi) is 3.90. The Labute approximate surface area is 118 Å². The van der Waals surface area contributed by atoms with E-state index in [-0.39, 0.29) is 22.6 Å². The fraction of sp³-hybridized carbons (Fsp3) is 0.0833. The third-order valence-corrected chi connectivity index (χ3v) is 2.68.